The van der Waals surface area contributed by atoms with Crippen molar-refractivity contribution in [1.82, 2.24) is 4.57 Å². The Kier molecular flexibility index (Phi) is 4.26. The van der Waals surface area contributed by atoms with E-state index in [2.05, 4.69) is 4.99 Å². The smallest absolute Gasteiger partial charge is 0.395 e. The van der Waals surface area contributed by atoms with Gasteiger partial charge in [-0.25, -0.2) is 4.39 Å². The normalized spacial score (nSPS) is 12.0. The van der Waals surface area contributed by atoms with Crippen molar-refractivity contribution in [3.63, 3.8) is 0 Å². The van der Waals surface area contributed by atoms with Crippen LogP contribution in [0.15, 0.2) is 39.7 Å². The minimum Gasteiger partial charge on any atom is -0.395 e. The number of hydrogen-bond acceptors (Lipinski definition) is 5. The molecule has 0 unspecified atom stereocenters. The number of benzene rings is 1. The molecular weight excluding hydrogens is 337 g/mol. The molecule has 9 heteroatoms. The molecule has 3 rings (SSSR count). The summed E-state index contributed by atoms with van der Waals surface area (Å²) in [5.41, 5.74) is 0.778. The summed E-state index contributed by atoms with van der Waals surface area (Å²) in [6.07, 6.45) is 0.802. The average molecular weight is 349 g/mol. The number of amides is 1. The third-order valence-corrected chi connectivity index (χ3v) is 4.31. The van der Waals surface area contributed by atoms with Gasteiger partial charge in [-0.15, -0.1) is 0 Å². The molecule has 2 heterocycles. The first-order valence-electron chi connectivity index (χ1n) is 7.11. The second-order valence-corrected chi connectivity index (χ2v) is 5.97. The lowest BCUT2D eigenvalue weighted by molar-refractivity contribution is -0.402. The highest BCUT2D eigenvalue weighted by atomic mass is 32.1. The molecular formula is C15H12FN3O4S. The van der Waals surface area contributed by atoms with Crippen LogP contribution in [-0.2, 0) is 6.54 Å². The molecule has 1 amide bonds. The van der Waals surface area contributed by atoms with E-state index in [1.54, 1.807) is 6.07 Å². The summed E-state index contributed by atoms with van der Waals surface area (Å²) in [6.45, 7) is 2.58. The van der Waals surface area contributed by atoms with E-state index in [9.17, 15) is 19.3 Å². The maximum Gasteiger partial charge on any atom is 0.433 e. The van der Waals surface area contributed by atoms with E-state index in [0.717, 1.165) is 18.0 Å². The number of halogens is 1. The summed E-state index contributed by atoms with van der Waals surface area (Å²) in [5.74, 6) is -1.83. The first kappa shape index (κ1) is 16.1. The third kappa shape index (κ3) is 2.98. The van der Waals surface area contributed by atoms with E-state index in [-0.39, 0.29) is 11.6 Å². The lowest BCUT2D eigenvalue weighted by atomic mass is 10.3. The van der Waals surface area contributed by atoms with Gasteiger partial charge in [-0.05, 0) is 30.7 Å². The monoisotopic (exact) mass is 349 g/mol. The summed E-state index contributed by atoms with van der Waals surface area (Å²) >= 11 is 1.17. The maximum atomic E-state index is 13.4. The number of carbonyl (C=O) groups is 1. The number of hydrogen-bond donors (Lipinski definition) is 0. The number of carbonyl (C=O) groups excluding carboxylic acids is 1. The fraction of sp³-hybridized carbons (Fsp3) is 0.200. The number of aryl methyl sites for hydroxylation is 1. The molecule has 124 valence electrons. The van der Waals surface area contributed by atoms with Crippen molar-refractivity contribution >= 4 is 33.3 Å². The van der Waals surface area contributed by atoms with Crippen LogP contribution in [0, 0.1) is 15.9 Å². The first-order valence-corrected chi connectivity index (χ1v) is 7.93. The minimum atomic E-state index is -0.726. The van der Waals surface area contributed by atoms with Gasteiger partial charge in [-0.2, -0.15) is 4.99 Å². The second-order valence-electron chi connectivity index (χ2n) is 4.96. The molecule has 0 aliphatic carbocycles. The van der Waals surface area contributed by atoms with E-state index >= 15 is 0 Å². The van der Waals surface area contributed by atoms with Gasteiger partial charge in [0.1, 0.15) is 10.7 Å². The molecule has 0 aliphatic rings. The summed E-state index contributed by atoms with van der Waals surface area (Å²) in [6, 6.07) is 6.68. The molecule has 0 radical (unpaired) electrons. The van der Waals surface area contributed by atoms with Gasteiger partial charge in [0.05, 0.1) is 16.3 Å². The highest BCUT2D eigenvalue weighted by Crippen LogP contribution is 2.20. The number of furan rings is 1. The number of nitrogens with zero attached hydrogens (tertiary/aromatic N) is 3. The van der Waals surface area contributed by atoms with Crippen molar-refractivity contribution in [2.75, 3.05) is 0 Å². The molecule has 7 nitrogen and oxygen atoms in total. The lowest BCUT2D eigenvalue weighted by Gasteiger charge is -2.01. The Morgan fingerprint density at radius 1 is 1.42 bits per heavy atom. The predicted octanol–water partition coefficient (Wildman–Crippen LogP) is 3.49. The summed E-state index contributed by atoms with van der Waals surface area (Å²) in [4.78, 5) is 26.5. The van der Waals surface area contributed by atoms with Crippen LogP contribution in [0.5, 0.6) is 0 Å². The van der Waals surface area contributed by atoms with Gasteiger partial charge < -0.3 is 8.98 Å². The zero-order valence-corrected chi connectivity index (χ0v) is 13.4. The quantitative estimate of drug-likeness (QED) is 0.532. The van der Waals surface area contributed by atoms with Crippen LogP contribution >= 0.6 is 11.3 Å². The van der Waals surface area contributed by atoms with Crippen LogP contribution in [-0.4, -0.2) is 15.4 Å². The Morgan fingerprint density at radius 3 is 2.88 bits per heavy atom. The number of thiazole rings is 1. The zero-order chi connectivity index (χ0) is 17.3. The molecule has 0 saturated carbocycles. The molecule has 2 aromatic heterocycles. The number of nitro groups is 1. The Labute approximate surface area is 138 Å². The second kappa shape index (κ2) is 6.36. The molecule has 24 heavy (non-hydrogen) atoms. The van der Waals surface area contributed by atoms with Crippen molar-refractivity contribution in [2.24, 2.45) is 4.99 Å². The van der Waals surface area contributed by atoms with Gasteiger partial charge in [0.25, 0.3) is 0 Å². The van der Waals surface area contributed by atoms with E-state index in [0.29, 0.717) is 16.0 Å². The molecule has 0 N–H and O–H groups in total. The van der Waals surface area contributed by atoms with Crippen molar-refractivity contribution < 1.29 is 18.5 Å². The average Bonchev–Trinajstić information content (AvgIpc) is 3.13. The molecule has 0 fully saturated rings. The van der Waals surface area contributed by atoms with Crippen LogP contribution in [0.4, 0.5) is 10.3 Å². The Hall–Kier alpha value is -2.81. The van der Waals surface area contributed by atoms with Crippen LogP contribution in [0.2, 0.25) is 0 Å². The SMILES string of the molecule is CCCn1c(=NC(=O)c2ccc([N+](=O)[O-])o2)sc2cc(F)ccc21. The Morgan fingerprint density at radius 2 is 2.21 bits per heavy atom. The lowest BCUT2D eigenvalue weighted by Crippen LogP contribution is -2.16. The topological polar surface area (TPSA) is 90.6 Å². The van der Waals surface area contributed by atoms with Crippen LogP contribution in [0.25, 0.3) is 10.2 Å². The molecule has 0 saturated heterocycles. The van der Waals surface area contributed by atoms with Crippen molar-refractivity contribution in [1.29, 1.82) is 0 Å². The van der Waals surface area contributed by atoms with Gasteiger partial charge >= 0.3 is 11.8 Å². The molecule has 0 spiro atoms. The fourth-order valence-corrected chi connectivity index (χ4v) is 3.33. The van der Waals surface area contributed by atoms with Gasteiger partial charge in [0.15, 0.2) is 4.80 Å². The van der Waals surface area contributed by atoms with Crippen molar-refractivity contribution in [3.05, 3.63) is 56.8 Å². The van der Waals surface area contributed by atoms with E-state index in [1.807, 2.05) is 11.5 Å². The number of aromatic nitrogens is 1. The van der Waals surface area contributed by atoms with Crippen molar-refractivity contribution in [2.45, 2.75) is 19.9 Å². The van der Waals surface area contributed by atoms with E-state index in [4.69, 9.17) is 4.42 Å². The fourth-order valence-electron chi connectivity index (χ4n) is 2.25. The zero-order valence-electron chi connectivity index (χ0n) is 12.6. The maximum absolute atomic E-state index is 13.4. The Balaban J connectivity index is 2.09. The minimum absolute atomic E-state index is 0.214. The van der Waals surface area contributed by atoms with E-state index < -0.39 is 16.7 Å². The van der Waals surface area contributed by atoms with Gasteiger partial charge in [-0.3, -0.25) is 14.9 Å². The van der Waals surface area contributed by atoms with Gasteiger partial charge in [-0.1, -0.05) is 18.3 Å². The van der Waals surface area contributed by atoms with Gasteiger partial charge in [0, 0.05) is 6.54 Å². The number of rotatable bonds is 4. The highest BCUT2D eigenvalue weighted by molar-refractivity contribution is 7.16. The van der Waals surface area contributed by atoms with Crippen LogP contribution < -0.4 is 4.80 Å². The molecule has 1 aromatic carbocycles. The van der Waals surface area contributed by atoms with E-state index in [1.165, 1.54) is 29.5 Å². The highest BCUT2D eigenvalue weighted by Gasteiger charge is 2.17. The van der Waals surface area contributed by atoms with Gasteiger partial charge in [0.2, 0.25) is 5.76 Å². The van der Waals surface area contributed by atoms with Crippen molar-refractivity contribution in [3.8, 4) is 0 Å². The largest absolute Gasteiger partial charge is 0.433 e. The summed E-state index contributed by atoms with van der Waals surface area (Å²) < 4.78 is 20.7. The molecule has 3 aromatic rings. The summed E-state index contributed by atoms with van der Waals surface area (Å²) in [7, 11) is 0. The Bertz CT molecular complexity index is 1000. The molecule has 0 bridgehead atoms. The predicted molar refractivity (Wildman–Crippen MR) is 85.3 cm³/mol. The molecule has 0 atom stereocenters. The number of fused-ring (bicyclic) bond motifs is 1. The molecule has 0 aliphatic heterocycles. The first-order chi connectivity index (χ1) is 11.5. The van der Waals surface area contributed by atoms with Crippen LogP contribution in [0.1, 0.15) is 23.9 Å². The standard InChI is InChI=1S/C15H12FN3O4S/c1-2-7-18-10-4-3-9(16)8-12(10)24-15(18)17-14(20)11-5-6-13(23-11)19(21)22/h3-6,8H,2,7H2,1H3. The third-order valence-electron chi connectivity index (χ3n) is 3.27. The summed E-state index contributed by atoms with van der Waals surface area (Å²) in [5, 5.41) is 10.6. The van der Waals surface area contributed by atoms with Crippen LogP contribution in [0.3, 0.4) is 0 Å².